The Hall–Kier alpha value is -3.38. The van der Waals surface area contributed by atoms with Gasteiger partial charge in [-0.1, -0.05) is 55.8 Å². The molecule has 0 saturated carbocycles. The number of hydrogen-bond donors (Lipinski definition) is 2. The third-order valence-corrected chi connectivity index (χ3v) is 7.44. The summed E-state index contributed by atoms with van der Waals surface area (Å²) in [6.45, 7) is 6.38. The lowest BCUT2D eigenvalue weighted by Gasteiger charge is -2.33. The smallest absolute Gasteiger partial charge is 0.253 e. The zero-order valence-corrected chi connectivity index (χ0v) is 23.7. The summed E-state index contributed by atoms with van der Waals surface area (Å²) in [6, 6.07) is 23.6. The molecule has 0 unspecified atom stereocenters. The Kier molecular flexibility index (Phi) is 9.28. The third-order valence-electron chi connectivity index (χ3n) is 7.44. The highest BCUT2D eigenvalue weighted by atomic mass is 35.5. The minimum Gasteiger partial charge on any atom is -0.368 e. The maximum absolute atomic E-state index is 13.8. The molecule has 1 aromatic heterocycles. The van der Waals surface area contributed by atoms with E-state index in [4.69, 9.17) is 0 Å². The van der Waals surface area contributed by atoms with Gasteiger partial charge in [-0.25, -0.2) is 0 Å². The lowest BCUT2D eigenvalue weighted by atomic mass is 9.89. The molecule has 5 aromatic rings. The van der Waals surface area contributed by atoms with Crippen molar-refractivity contribution in [1.82, 2.24) is 15.6 Å². The molecule has 1 aliphatic rings. The van der Waals surface area contributed by atoms with Crippen molar-refractivity contribution in [3.8, 4) is 11.1 Å². The van der Waals surface area contributed by atoms with E-state index in [9.17, 15) is 4.79 Å². The van der Waals surface area contributed by atoms with Crippen molar-refractivity contribution in [1.29, 1.82) is 0 Å². The van der Waals surface area contributed by atoms with E-state index < -0.39 is 0 Å². The molecule has 1 aliphatic heterocycles. The van der Waals surface area contributed by atoms with Crippen LogP contribution in [0.2, 0.25) is 0 Å². The third kappa shape index (κ3) is 5.53. The molecule has 0 atom stereocenters. The number of halogens is 2. The van der Waals surface area contributed by atoms with Gasteiger partial charge in [-0.3, -0.25) is 9.78 Å². The molecule has 0 bridgehead atoms. The quantitative estimate of drug-likeness (QED) is 0.173. The minimum absolute atomic E-state index is 0. The molecule has 0 aliphatic carbocycles. The van der Waals surface area contributed by atoms with Crippen LogP contribution in [-0.4, -0.2) is 43.6 Å². The van der Waals surface area contributed by atoms with Crippen molar-refractivity contribution in [3.05, 3.63) is 84.7 Å². The zero-order valence-electron chi connectivity index (χ0n) is 22.1. The van der Waals surface area contributed by atoms with E-state index >= 15 is 0 Å². The van der Waals surface area contributed by atoms with Gasteiger partial charge in [-0.2, -0.15) is 0 Å². The molecule has 2 N–H and O–H groups in total. The predicted octanol–water partition coefficient (Wildman–Crippen LogP) is 6.99. The van der Waals surface area contributed by atoms with Crippen molar-refractivity contribution >= 4 is 68.7 Å². The highest BCUT2D eigenvalue weighted by molar-refractivity contribution is 6.18. The van der Waals surface area contributed by atoms with E-state index in [1.54, 1.807) is 0 Å². The van der Waals surface area contributed by atoms with Gasteiger partial charge < -0.3 is 15.5 Å². The molecule has 0 radical (unpaired) electrons. The Bertz CT molecular complexity index is 1610. The summed E-state index contributed by atoms with van der Waals surface area (Å²) in [6.07, 6.45) is 5.78. The summed E-state index contributed by atoms with van der Waals surface area (Å²) in [5, 5.41) is 13.6. The standard InChI is InChI=1S/C32H32N4O.2ClH/c1-2-3-12-35-32(37)29-20-27(25-10-6-9-22-11-13-34-21-30(22)25)26-18-23-7-4-5-8-24(23)19-28(26)31(29)36-16-14-33-15-17-36;;/h4-11,13,18-21,33H,2-3,12,14-17H2,1H3,(H,35,37);2*1H. The summed E-state index contributed by atoms with van der Waals surface area (Å²) in [5.41, 5.74) is 3.95. The molecule has 2 heterocycles. The highest BCUT2D eigenvalue weighted by Crippen LogP contribution is 2.42. The fourth-order valence-electron chi connectivity index (χ4n) is 5.54. The Morgan fingerprint density at radius 3 is 2.33 bits per heavy atom. The summed E-state index contributed by atoms with van der Waals surface area (Å²) < 4.78 is 0. The van der Waals surface area contributed by atoms with Gasteiger partial charge in [0.15, 0.2) is 0 Å². The average molecular weight is 562 g/mol. The predicted molar refractivity (Wildman–Crippen MR) is 169 cm³/mol. The molecule has 6 rings (SSSR count). The fraction of sp³-hybridized carbons (Fsp3) is 0.250. The van der Waals surface area contributed by atoms with Crippen molar-refractivity contribution in [3.63, 3.8) is 0 Å². The van der Waals surface area contributed by atoms with Crippen molar-refractivity contribution < 1.29 is 4.79 Å². The van der Waals surface area contributed by atoms with Gasteiger partial charge in [-0.05, 0) is 63.4 Å². The fourth-order valence-corrected chi connectivity index (χ4v) is 5.54. The summed E-state index contributed by atoms with van der Waals surface area (Å²) in [7, 11) is 0. The number of anilines is 1. The van der Waals surface area contributed by atoms with Gasteiger partial charge in [-0.15, -0.1) is 24.8 Å². The molecule has 5 nitrogen and oxygen atoms in total. The first-order valence-corrected chi connectivity index (χ1v) is 13.3. The number of amides is 1. The topological polar surface area (TPSA) is 57.3 Å². The Balaban J connectivity index is 0.00000176. The number of hydrogen-bond acceptors (Lipinski definition) is 4. The molecule has 1 saturated heterocycles. The lowest BCUT2D eigenvalue weighted by Crippen LogP contribution is -2.44. The first-order valence-electron chi connectivity index (χ1n) is 13.3. The molecule has 4 aromatic carbocycles. The number of nitrogens with one attached hydrogen (secondary N) is 2. The zero-order chi connectivity index (χ0) is 25.2. The van der Waals surface area contributed by atoms with Crippen LogP contribution in [-0.2, 0) is 0 Å². The summed E-state index contributed by atoms with van der Waals surface area (Å²) in [5.74, 6) is -0.00310. The van der Waals surface area contributed by atoms with E-state index in [2.05, 4.69) is 88.1 Å². The second-order valence-electron chi connectivity index (χ2n) is 9.81. The van der Waals surface area contributed by atoms with E-state index in [0.717, 1.165) is 82.9 Å². The van der Waals surface area contributed by atoms with Crippen LogP contribution in [0.3, 0.4) is 0 Å². The van der Waals surface area contributed by atoms with Crippen molar-refractivity contribution in [2.45, 2.75) is 19.8 Å². The number of fused-ring (bicyclic) bond motifs is 3. The van der Waals surface area contributed by atoms with Crippen LogP contribution in [0, 0.1) is 0 Å². The maximum atomic E-state index is 13.8. The van der Waals surface area contributed by atoms with E-state index in [0.29, 0.717) is 6.54 Å². The second-order valence-corrected chi connectivity index (χ2v) is 9.81. The first-order chi connectivity index (χ1) is 18.2. The van der Waals surface area contributed by atoms with Gasteiger partial charge in [0.25, 0.3) is 5.91 Å². The molecule has 7 heteroatoms. The van der Waals surface area contributed by atoms with Gasteiger partial charge >= 0.3 is 0 Å². The second kappa shape index (κ2) is 12.6. The molecule has 39 heavy (non-hydrogen) atoms. The SMILES string of the molecule is CCCCNC(=O)c1cc(-c2cccc3ccncc23)c2cc3ccccc3cc2c1N1CCNCC1.Cl.Cl. The number of piperazine rings is 1. The minimum atomic E-state index is -0.00310. The normalized spacial score (nSPS) is 13.2. The van der Waals surface area contributed by atoms with Crippen molar-refractivity contribution in [2.24, 2.45) is 0 Å². The monoisotopic (exact) mass is 560 g/mol. The van der Waals surface area contributed by atoms with Crippen molar-refractivity contribution in [2.75, 3.05) is 37.6 Å². The first kappa shape index (κ1) is 28.6. The van der Waals surface area contributed by atoms with Gasteiger partial charge in [0, 0.05) is 55.9 Å². The van der Waals surface area contributed by atoms with E-state index in [1.807, 2.05) is 18.5 Å². The Morgan fingerprint density at radius 1 is 0.872 bits per heavy atom. The van der Waals surface area contributed by atoms with Gasteiger partial charge in [0.2, 0.25) is 0 Å². The summed E-state index contributed by atoms with van der Waals surface area (Å²) >= 11 is 0. The van der Waals surface area contributed by atoms with Crippen LogP contribution in [0.25, 0.3) is 43.4 Å². The number of unbranched alkanes of at least 4 members (excludes halogenated alkanes) is 1. The maximum Gasteiger partial charge on any atom is 0.253 e. The Labute approximate surface area is 241 Å². The van der Waals surface area contributed by atoms with Gasteiger partial charge in [0.1, 0.15) is 0 Å². The molecule has 1 amide bonds. The summed E-state index contributed by atoms with van der Waals surface area (Å²) in [4.78, 5) is 20.6. The molecular formula is C32H34Cl2N4O. The number of nitrogens with zero attached hydrogens (tertiary/aromatic N) is 2. The van der Waals surface area contributed by atoms with E-state index in [1.165, 1.54) is 10.8 Å². The molecule has 0 spiro atoms. The Morgan fingerprint density at radius 2 is 1.59 bits per heavy atom. The van der Waals surface area contributed by atoms with Crippen LogP contribution in [0.4, 0.5) is 5.69 Å². The van der Waals surface area contributed by atoms with Crippen LogP contribution in [0.5, 0.6) is 0 Å². The largest absolute Gasteiger partial charge is 0.368 e. The van der Waals surface area contributed by atoms with Crippen LogP contribution >= 0.6 is 24.8 Å². The van der Waals surface area contributed by atoms with Crippen LogP contribution < -0.4 is 15.5 Å². The number of carbonyl (C=O) groups is 1. The van der Waals surface area contributed by atoms with Crippen LogP contribution in [0.1, 0.15) is 30.1 Å². The average Bonchev–Trinajstić information content (AvgIpc) is 2.95. The van der Waals surface area contributed by atoms with Crippen LogP contribution in [0.15, 0.2) is 79.1 Å². The molecule has 1 fully saturated rings. The van der Waals surface area contributed by atoms with E-state index in [-0.39, 0.29) is 30.7 Å². The molecular weight excluding hydrogens is 527 g/mol. The number of benzene rings is 4. The molecule has 202 valence electrons. The number of rotatable bonds is 6. The lowest BCUT2D eigenvalue weighted by molar-refractivity contribution is 0.0953. The number of pyridine rings is 1. The van der Waals surface area contributed by atoms with Gasteiger partial charge in [0.05, 0.1) is 11.3 Å². The highest BCUT2D eigenvalue weighted by Gasteiger charge is 2.24. The number of aromatic nitrogens is 1. The number of carbonyl (C=O) groups excluding carboxylic acids is 1.